The Morgan fingerprint density at radius 2 is 0.652 bits per heavy atom. The molecule has 15 aromatic rings. The van der Waals surface area contributed by atoms with Crippen LogP contribution < -0.4 is 56.9 Å². The molecule has 0 amide bonds. The van der Waals surface area contributed by atoms with Gasteiger partial charge in [0.2, 0.25) is 0 Å². The molecule has 0 atom stereocenters. The van der Waals surface area contributed by atoms with E-state index in [0.29, 0.717) is 60.3 Å². The predicted octanol–water partition coefficient (Wildman–Crippen LogP) is 18.5. The Labute approximate surface area is 962 Å². The van der Waals surface area contributed by atoms with E-state index in [2.05, 4.69) is 100 Å². The van der Waals surface area contributed by atoms with Crippen molar-refractivity contribution in [1.82, 2.24) is 99.0 Å². The van der Waals surface area contributed by atoms with E-state index in [9.17, 15) is 54.7 Å². The van der Waals surface area contributed by atoms with Gasteiger partial charge >= 0.3 is 40.6 Å². The van der Waals surface area contributed by atoms with Gasteiger partial charge in [-0.3, -0.25) is 0 Å². The van der Waals surface area contributed by atoms with E-state index in [4.69, 9.17) is 140 Å². The molecular weight excluding hydrogens is 2450 g/mol. The van der Waals surface area contributed by atoms with E-state index < -0.39 is 34.9 Å². The van der Waals surface area contributed by atoms with Gasteiger partial charge in [0, 0.05) is 260 Å². The predicted molar refractivity (Wildman–Crippen MR) is 486 cm³/mol. The molecule has 0 aliphatic heterocycles. The number of halogens is 17. The van der Waals surface area contributed by atoms with Gasteiger partial charge in [-0.25, -0.2) is 24.0 Å². The van der Waals surface area contributed by atoms with Crippen LogP contribution in [0.25, 0.3) is 40.1 Å². The first-order valence-electron chi connectivity index (χ1n) is 37.3. The smallest absolute Gasteiger partial charge is 0.446 e. The third-order valence-corrected chi connectivity index (χ3v) is 22.0. The van der Waals surface area contributed by atoms with Crippen LogP contribution in [0.3, 0.4) is 0 Å². The Bertz CT molecular complexity index is 6940. The molecule has 0 aliphatic carbocycles. The molecule has 0 unspecified atom stereocenters. The van der Waals surface area contributed by atoms with E-state index >= 15 is 0 Å². The molecule has 15 rings (SSSR count). The van der Waals surface area contributed by atoms with E-state index in [1.165, 1.54) is 136 Å². The summed E-state index contributed by atoms with van der Waals surface area (Å²) in [7, 11) is 7.28. The second-order valence-corrected chi connectivity index (χ2v) is 32.8. The Balaban J connectivity index is 0.000000262. The fourth-order valence-electron chi connectivity index (χ4n) is 11.6. The summed E-state index contributed by atoms with van der Waals surface area (Å²) in [5.74, 6) is -1.35. The summed E-state index contributed by atoms with van der Waals surface area (Å²) >= 11 is 59.8. The van der Waals surface area contributed by atoms with Gasteiger partial charge in [-0.2, -0.15) is 196 Å². The molecule has 5 heterocycles. The first kappa shape index (κ1) is 120. The van der Waals surface area contributed by atoms with Crippen molar-refractivity contribution in [1.29, 1.82) is 0 Å². The number of benzene rings is 10. The van der Waals surface area contributed by atoms with Gasteiger partial charge in [0.25, 0.3) is 5.76 Å². The summed E-state index contributed by atoms with van der Waals surface area (Å²) in [4.78, 5) is 61.1. The van der Waals surface area contributed by atoms with Crippen LogP contribution in [-0.4, -0.2) is 117 Å². The number of nitrogens with zero attached hydrogens (tertiary/aromatic N) is 20. The van der Waals surface area contributed by atoms with E-state index in [-0.39, 0.29) is 311 Å². The van der Waals surface area contributed by atoms with Gasteiger partial charge in [-0.05, 0) is 156 Å². The fourth-order valence-corrected chi connectivity index (χ4v) is 14.5. The van der Waals surface area contributed by atoms with Crippen molar-refractivity contribution < 1.29 is 223 Å². The third-order valence-electron chi connectivity index (χ3n) is 17.8. The van der Waals surface area contributed by atoms with Crippen molar-refractivity contribution in [2.24, 2.45) is 35.2 Å². The maximum Gasteiger partial charge on any atom is 0.446 e. The van der Waals surface area contributed by atoms with Crippen LogP contribution in [-0.2, 0) is 232 Å². The molecule has 0 saturated heterocycles. The van der Waals surface area contributed by atoms with E-state index in [1.807, 2.05) is 25.1 Å². The minimum absolute atomic E-state index is 0. The van der Waals surface area contributed by atoms with Crippen molar-refractivity contribution >= 4 is 151 Å². The summed E-state index contributed by atoms with van der Waals surface area (Å²) in [6.45, 7) is 6.18. The number of tetrazole rings is 5. The van der Waals surface area contributed by atoms with Crippen molar-refractivity contribution in [2.45, 2.75) is 67.6 Å². The van der Waals surface area contributed by atoms with Crippen LogP contribution >= 0.6 is 140 Å². The summed E-state index contributed by atoms with van der Waals surface area (Å²) in [5, 5.41) is 40.3. The molecule has 55 heteroatoms. The third kappa shape index (κ3) is 32.2. The Kier molecular flexibility index (Phi) is 48.8. The SMILES string of the molecule is C=C(C)c1cccc(-n2nnn(C)c2=O)c1COc1cc(Cl)[c-]cc1Cl.C=Cc1cccc(-n2nnn(C)c2=O)c1COc1cc(Cl)[c-]cc1Cl.Cn1nnn(-c2cccc(OC(F)F)c2COc2cc(Cl)[c-]cc2Cl)c1=O.Cn1nnn(-c2cccc(SC(F)(F)F)c2COc2cc(Cl)[c-]cc2Cl)c1=O.Cn1nnn(-c2cccc(SC(F)F)c2COc2cc(Cl)[c-]cc2Cl)c1=O.[Y].[Y].[Y].[Y].[Y]. The van der Waals surface area contributed by atoms with Gasteiger partial charge < -0.3 is 28.4 Å². The zero-order chi connectivity index (χ0) is 96.4. The molecule has 0 aliphatic rings. The molecular formula is C83H60Cl10F7N20O11S2Y5-5. The molecule has 138 heavy (non-hydrogen) atoms. The first-order chi connectivity index (χ1) is 63.3. The monoisotopic (exact) mass is 2500 g/mol. The number of rotatable bonds is 27. The van der Waals surface area contributed by atoms with Crippen molar-refractivity contribution in [3.8, 4) is 62.9 Å². The standard InChI is InChI=1S/C18H15Cl2N4O2.C17H13Cl2N4O2.C16H10Cl2F3N4O2S.C16H11Cl2F2N4O3.C16H11Cl2F2N4O2S.5Y/c1-11(2)13-5-4-6-16(24-18(25)23(3)21-22-24)14(13)10-26-17-9-12(19)7-8-15(17)20;1-3-11-5-4-6-15(23-17(24)22(2)20-21-23)13(11)10-25-16-9-12(18)7-8-14(16)19;1-24-15(26)25(23-22-24)12-3-2-4-14(28-16(19,20)21)10(12)8-27-13-7-9(17)5-6-11(13)18;1-23-16(25)24(22-21-23)12-3-2-4-13(27-15(19)20)10(12)8-26-14-7-9(17)5-6-11(14)18;1-23-16(25)24(22-21-23)12-3-2-4-14(27-15(19)20)10(12)8-26-13-7-9(17)5-6-11(13)18;;;;;/h4-6,8-9H,1,10H2,2-3H3;3-6,8-9H,1,10H2,2H3;2-4,6-7H,8H2,1H3;2*2-4,6-7,15H,8H2,1H3;;;;;/q5*-1;;;;;. The molecule has 0 saturated carbocycles. The van der Waals surface area contributed by atoms with Crippen molar-refractivity contribution in [3.05, 3.63) is 337 Å². The average molecular weight is 2510 g/mol. The van der Waals surface area contributed by atoms with Crippen molar-refractivity contribution in [2.75, 3.05) is 0 Å². The molecule has 10 aromatic carbocycles. The number of hydrogen-bond acceptors (Lipinski definition) is 23. The second-order valence-electron chi connectivity index (χ2n) is 26.6. The molecule has 5 aromatic heterocycles. The van der Waals surface area contributed by atoms with Gasteiger partial charge in [0.1, 0.15) is 38.8 Å². The molecule has 0 fully saturated rings. The Hall–Kier alpha value is -6.54. The Morgan fingerprint density at radius 3 is 0.949 bits per heavy atom. The Morgan fingerprint density at radius 1 is 0.384 bits per heavy atom. The zero-order valence-electron chi connectivity index (χ0n) is 71.7. The minimum Gasteiger partial charge on any atom is -0.513 e. The number of ether oxygens (including phenoxy) is 6. The number of thioether (sulfide) groups is 2. The maximum atomic E-state index is 13.0. The fraction of sp³-hybridized carbons (Fsp3) is 0.169. The van der Waals surface area contributed by atoms with Crippen LogP contribution in [0, 0.1) is 30.3 Å². The molecule has 0 spiro atoms. The number of aromatic nitrogens is 20. The van der Waals surface area contributed by atoms with Crippen LogP contribution in [0.15, 0.2) is 199 Å². The molecule has 31 nitrogen and oxygen atoms in total. The maximum absolute atomic E-state index is 13.0. The van der Waals surface area contributed by atoms with E-state index in [0.717, 1.165) is 65.3 Å². The van der Waals surface area contributed by atoms with Crippen LogP contribution in [0.1, 0.15) is 45.9 Å². The topological polar surface area (TPSA) is 319 Å². The summed E-state index contributed by atoms with van der Waals surface area (Å²) < 4.78 is 134. The average Bonchev–Trinajstić information content (AvgIpc) is 1.61. The van der Waals surface area contributed by atoms with Gasteiger partial charge in [0.15, 0.2) is 0 Å². The number of allylic oxidation sites excluding steroid dienone is 1. The molecule has 5 radical (unpaired) electrons. The normalized spacial score (nSPS) is 10.7. The zero-order valence-corrected chi connectivity index (χ0v) is 95.1. The van der Waals surface area contributed by atoms with Gasteiger partial charge in [-0.15, -0.1) is 88.3 Å². The molecule has 0 bridgehead atoms. The van der Waals surface area contributed by atoms with Crippen LogP contribution in [0.4, 0.5) is 30.7 Å². The van der Waals surface area contributed by atoms with Crippen molar-refractivity contribution in [3.63, 3.8) is 0 Å². The number of aryl methyl sites for hydroxylation is 5. The first-order valence-corrected chi connectivity index (χ1v) is 42.7. The van der Waals surface area contributed by atoms with Crippen LogP contribution in [0.5, 0.6) is 34.5 Å². The number of hydrogen-bond donors (Lipinski definition) is 0. The second kappa shape index (κ2) is 56.1. The molecule has 709 valence electrons. The van der Waals surface area contributed by atoms with Crippen LogP contribution in [0.2, 0.25) is 50.2 Å². The molecule has 0 N–H and O–H groups in total. The largest absolute Gasteiger partial charge is 0.513 e. The summed E-state index contributed by atoms with van der Waals surface area (Å²) in [5.41, 5.74) is -0.761. The minimum atomic E-state index is -4.54. The summed E-state index contributed by atoms with van der Waals surface area (Å²) in [6, 6.07) is 52.3. The quantitative estimate of drug-likeness (QED) is 0.0262. The summed E-state index contributed by atoms with van der Waals surface area (Å²) in [6.07, 6.45) is 1.68. The van der Waals surface area contributed by atoms with E-state index in [1.54, 1.807) is 48.5 Å². The number of alkyl halides is 7. The van der Waals surface area contributed by atoms with Gasteiger partial charge in [0.05, 0.1) is 34.0 Å². The van der Waals surface area contributed by atoms with Gasteiger partial charge in [-0.1, -0.05) is 104 Å².